The Morgan fingerprint density at radius 2 is 1.78 bits per heavy atom. The number of benzene rings is 2. The van der Waals surface area contributed by atoms with Gasteiger partial charge in [0.25, 0.3) is 0 Å². The highest BCUT2D eigenvalue weighted by Gasteiger charge is 2.20. The van der Waals surface area contributed by atoms with Crippen molar-refractivity contribution in [2.75, 3.05) is 55.6 Å². The number of hydrogen-bond acceptors (Lipinski definition) is 9. The zero-order valence-corrected chi connectivity index (χ0v) is 21.3. The number of methoxy groups -OCH3 is 1. The highest BCUT2D eigenvalue weighted by atomic mass is 35.5. The summed E-state index contributed by atoms with van der Waals surface area (Å²) < 4.78 is 15.9. The van der Waals surface area contributed by atoms with Gasteiger partial charge < -0.3 is 29.3 Å². The fourth-order valence-electron chi connectivity index (χ4n) is 4.03. The maximum atomic E-state index is 12.4. The zero-order chi connectivity index (χ0) is 24.9. The lowest BCUT2D eigenvalue weighted by molar-refractivity contribution is -0.118. The van der Waals surface area contributed by atoms with Crippen LogP contribution in [0.3, 0.4) is 0 Å². The summed E-state index contributed by atoms with van der Waals surface area (Å²) in [5.74, 6) is 3.11. The molecule has 2 aliphatic rings. The molecule has 1 saturated heterocycles. The maximum Gasteiger partial charge on any atom is 0.231 e. The molecule has 0 spiro atoms. The molecule has 1 N–H and O–H groups in total. The van der Waals surface area contributed by atoms with E-state index in [1.165, 1.54) is 17.4 Å². The van der Waals surface area contributed by atoms with Gasteiger partial charge in [-0.15, -0.1) is 0 Å². The topological polar surface area (TPSA) is 89.1 Å². The van der Waals surface area contributed by atoms with E-state index in [0.29, 0.717) is 22.6 Å². The van der Waals surface area contributed by atoms with E-state index in [-0.39, 0.29) is 18.5 Å². The number of carbonyl (C=O) groups excluding carboxylic acids is 1. The molecule has 0 aliphatic carbocycles. The molecule has 11 heteroatoms. The highest BCUT2D eigenvalue weighted by Crippen LogP contribution is 2.32. The molecule has 9 nitrogen and oxygen atoms in total. The summed E-state index contributed by atoms with van der Waals surface area (Å²) in [5.41, 5.74) is 2.10. The van der Waals surface area contributed by atoms with Crippen LogP contribution >= 0.6 is 23.4 Å². The van der Waals surface area contributed by atoms with Gasteiger partial charge in [-0.1, -0.05) is 29.4 Å². The molecule has 1 aromatic heterocycles. The van der Waals surface area contributed by atoms with Gasteiger partial charge in [0.1, 0.15) is 16.7 Å². The minimum absolute atomic E-state index is 0.115. The molecule has 1 amide bonds. The van der Waals surface area contributed by atoms with Gasteiger partial charge in [-0.3, -0.25) is 4.79 Å². The Balaban J connectivity index is 1.12. The lowest BCUT2D eigenvalue weighted by Crippen LogP contribution is -2.46. The van der Waals surface area contributed by atoms with Crippen LogP contribution < -0.4 is 29.3 Å². The standard InChI is InChI=1S/C25H26ClN5O4S/c1-33-19-5-3-18(4-6-19)30-8-10-31(11-9-30)23-13-22(26)28-25(29-23)36-15-24(32)27-14-17-2-7-20-21(12-17)35-16-34-20/h2-7,12-13H,8-11,14-16H2,1H3,(H,27,32). The summed E-state index contributed by atoms with van der Waals surface area (Å²) in [6.45, 7) is 3.95. The summed E-state index contributed by atoms with van der Waals surface area (Å²) in [5, 5.41) is 3.75. The summed E-state index contributed by atoms with van der Waals surface area (Å²) in [7, 11) is 1.67. The third kappa shape index (κ3) is 5.88. The molecule has 0 radical (unpaired) electrons. The van der Waals surface area contributed by atoms with Gasteiger partial charge in [-0.2, -0.15) is 0 Å². The van der Waals surface area contributed by atoms with Crippen LogP contribution in [0.1, 0.15) is 5.56 Å². The first kappa shape index (κ1) is 24.3. The molecule has 3 heterocycles. The second kappa shape index (κ2) is 11.1. The first-order valence-corrected chi connectivity index (χ1v) is 12.9. The third-order valence-electron chi connectivity index (χ3n) is 5.96. The molecule has 0 bridgehead atoms. The first-order chi connectivity index (χ1) is 17.6. The van der Waals surface area contributed by atoms with Crippen LogP contribution in [0.5, 0.6) is 17.2 Å². The van der Waals surface area contributed by atoms with Gasteiger partial charge in [-0.25, -0.2) is 9.97 Å². The Hall–Kier alpha value is -3.37. The Bertz CT molecular complexity index is 1220. The molecule has 5 rings (SSSR count). The minimum Gasteiger partial charge on any atom is -0.497 e. The molecule has 2 aromatic carbocycles. The number of nitrogens with zero attached hydrogens (tertiary/aromatic N) is 4. The number of piperazine rings is 1. The quantitative estimate of drug-likeness (QED) is 0.268. The fourth-order valence-corrected chi connectivity index (χ4v) is 4.94. The van der Waals surface area contributed by atoms with Gasteiger partial charge >= 0.3 is 0 Å². The molecular weight excluding hydrogens is 502 g/mol. The molecular formula is C25H26ClN5O4S. The number of ether oxygens (including phenoxy) is 3. The van der Waals surface area contributed by atoms with Crippen molar-refractivity contribution in [2.45, 2.75) is 11.7 Å². The molecule has 188 valence electrons. The van der Waals surface area contributed by atoms with Crippen molar-refractivity contribution < 1.29 is 19.0 Å². The predicted molar refractivity (Wildman–Crippen MR) is 140 cm³/mol. The van der Waals surface area contributed by atoms with E-state index in [9.17, 15) is 4.79 Å². The summed E-state index contributed by atoms with van der Waals surface area (Å²) in [6.07, 6.45) is 0. The molecule has 1 fully saturated rings. The zero-order valence-electron chi connectivity index (χ0n) is 19.8. The lowest BCUT2D eigenvalue weighted by atomic mass is 10.2. The highest BCUT2D eigenvalue weighted by molar-refractivity contribution is 7.99. The molecule has 0 saturated carbocycles. The largest absolute Gasteiger partial charge is 0.497 e. The SMILES string of the molecule is COc1ccc(N2CCN(c3cc(Cl)nc(SCC(=O)NCc4ccc5c(c4)OCO5)n3)CC2)cc1. The Kier molecular flexibility index (Phi) is 7.52. The first-order valence-electron chi connectivity index (χ1n) is 11.5. The predicted octanol–water partition coefficient (Wildman–Crippen LogP) is 3.60. The van der Waals surface area contributed by atoms with Crippen LogP contribution in [0.4, 0.5) is 11.5 Å². The maximum absolute atomic E-state index is 12.4. The molecule has 0 atom stereocenters. The number of hydrogen-bond donors (Lipinski definition) is 1. The smallest absolute Gasteiger partial charge is 0.231 e. The van der Waals surface area contributed by atoms with Crippen LogP contribution in [0, 0.1) is 0 Å². The molecule has 36 heavy (non-hydrogen) atoms. The van der Waals surface area contributed by atoms with Crippen molar-refractivity contribution in [2.24, 2.45) is 0 Å². The number of carbonyl (C=O) groups is 1. The monoisotopic (exact) mass is 527 g/mol. The summed E-state index contributed by atoms with van der Waals surface area (Å²) in [6, 6.07) is 15.5. The Morgan fingerprint density at radius 1 is 1.03 bits per heavy atom. The normalized spacial score (nSPS) is 14.6. The average molecular weight is 528 g/mol. The van der Waals surface area contributed by atoms with Gasteiger partial charge in [0.05, 0.1) is 12.9 Å². The van der Waals surface area contributed by atoms with Crippen LogP contribution in [-0.4, -0.2) is 61.7 Å². The van der Waals surface area contributed by atoms with Crippen LogP contribution in [-0.2, 0) is 11.3 Å². The van der Waals surface area contributed by atoms with Crippen molar-refractivity contribution >= 4 is 40.8 Å². The third-order valence-corrected chi connectivity index (χ3v) is 7.00. The fraction of sp³-hybridized carbons (Fsp3) is 0.320. The lowest BCUT2D eigenvalue weighted by Gasteiger charge is -2.36. The minimum atomic E-state index is -0.115. The van der Waals surface area contributed by atoms with E-state index < -0.39 is 0 Å². The Morgan fingerprint density at radius 3 is 2.56 bits per heavy atom. The van der Waals surface area contributed by atoms with Crippen molar-refractivity contribution in [3.05, 3.63) is 59.2 Å². The summed E-state index contributed by atoms with van der Waals surface area (Å²) >= 11 is 7.55. The van der Waals surface area contributed by atoms with Gasteiger partial charge in [0, 0.05) is 44.5 Å². The van der Waals surface area contributed by atoms with Crippen molar-refractivity contribution in [3.63, 3.8) is 0 Å². The van der Waals surface area contributed by atoms with Crippen molar-refractivity contribution in [1.29, 1.82) is 0 Å². The number of fused-ring (bicyclic) bond motifs is 1. The Labute approximate surface area is 218 Å². The van der Waals surface area contributed by atoms with Gasteiger partial charge in [0.2, 0.25) is 12.7 Å². The van der Waals surface area contributed by atoms with Crippen LogP contribution in [0.15, 0.2) is 53.7 Å². The van der Waals surface area contributed by atoms with E-state index >= 15 is 0 Å². The van der Waals surface area contributed by atoms with E-state index in [1.807, 2.05) is 30.3 Å². The van der Waals surface area contributed by atoms with Gasteiger partial charge in [-0.05, 0) is 42.0 Å². The average Bonchev–Trinajstić information content (AvgIpc) is 3.39. The molecule has 0 unspecified atom stereocenters. The number of aromatic nitrogens is 2. The number of anilines is 2. The van der Waals surface area contributed by atoms with E-state index in [4.69, 9.17) is 25.8 Å². The second-order valence-corrected chi connectivity index (χ2v) is 9.59. The molecule has 3 aromatic rings. The van der Waals surface area contributed by atoms with Crippen molar-refractivity contribution in [3.8, 4) is 17.2 Å². The van der Waals surface area contributed by atoms with E-state index in [1.54, 1.807) is 13.2 Å². The van der Waals surface area contributed by atoms with Crippen molar-refractivity contribution in [1.82, 2.24) is 15.3 Å². The number of thioether (sulfide) groups is 1. The van der Waals surface area contributed by atoms with Crippen LogP contribution in [0.2, 0.25) is 5.15 Å². The number of nitrogens with one attached hydrogen (secondary N) is 1. The number of rotatable bonds is 8. The second-order valence-electron chi connectivity index (χ2n) is 8.26. The molecule has 2 aliphatic heterocycles. The number of amides is 1. The van der Waals surface area contributed by atoms with Gasteiger partial charge in [0.15, 0.2) is 16.7 Å². The van der Waals surface area contributed by atoms with E-state index in [2.05, 4.69) is 37.2 Å². The number of halogens is 1. The summed E-state index contributed by atoms with van der Waals surface area (Å²) in [4.78, 5) is 25.9. The van der Waals surface area contributed by atoms with Crippen LogP contribution in [0.25, 0.3) is 0 Å². The van der Waals surface area contributed by atoms with E-state index in [0.717, 1.165) is 49.1 Å².